The van der Waals surface area contributed by atoms with E-state index in [2.05, 4.69) is 4.98 Å². The lowest BCUT2D eigenvalue weighted by atomic mass is 9.74. The van der Waals surface area contributed by atoms with Gasteiger partial charge >= 0.3 is 0 Å². The zero-order valence-corrected chi connectivity index (χ0v) is 21.2. The van der Waals surface area contributed by atoms with Crippen molar-refractivity contribution in [3.05, 3.63) is 65.1 Å². The van der Waals surface area contributed by atoms with Crippen molar-refractivity contribution >= 4 is 10.9 Å². The van der Waals surface area contributed by atoms with Gasteiger partial charge < -0.3 is 14.6 Å². The Hall–Kier alpha value is -2.98. The number of rotatable bonds is 11. The molecular formula is C28H31F5N2O3. The first-order chi connectivity index (χ1) is 18.3. The van der Waals surface area contributed by atoms with Crippen LogP contribution in [0.5, 0.6) is 11.5 Å². The maximum atomic E-state index is 15.7. The molecule has 0 aliphatic carbocycles. The van der Waals surface area contributed by atoms with Gasteiger partial charge in [-0.05, 0) is 62.4 Å². The standard InChI is InChI=1S/C28H31F5N2O3/c1-37-20-2-3-25-21(14-20)26(18(15-29)16-34-25)22(31)4-5-28(17-36)6-8-35(9-7-28)10-11-38-27-23(32)12-19(30)13-24(27)33/h2-3,12-14,16,22,36H,4-11,15,17H2,1H3/t22-/m1/s1. The molecule has 5 nitrogen and oxygen atoms in total. The van der Waals surface area contributed by atoms with Gasteiger partial charge in [0.2, 0.25) is 0 Å². The molecule has 0 saturated carbocycles. The van der Waals surface area contributed by atoms with Crippen LogP contribution in [-0.4, -0.2) is 54.9 Å². The van der Waals surface area contributed by atoms with E-state index in [1.807, 2.05) is 4.90 Å². The molecule has 1 aromatic heterocycles. The Morgan fingerprint density at radius 1 is 1.11 bits per heavy atom. The van der Waals surface area contributed by atoms with Gasteiger partial charge in [-0.3, -0.25) is 9.88 Å². The lowest BCUT2D eigenvalue weighted by Crippen LogP contribution is -2.43. The van der Waals surface area contributed by atoms with Crippen LogP contribution in [0.2, 0.25) is 0 Å². The quantitative estimate of drug-likeness (QED) is 0.300. The maximum absolute atomic E-state index is 15.7. The molecule has 1 N–H and O–H groups in total. The third kappa shape index (κ3) is 6.18. The molecule has 0 radical (unpaired) electrons. The summed E-state index contributed by atoms with van der Waals surface area (Å²) in [5.74, 6) is -3.31. The number of likely N-dealkylation sites (tertiary alicyclic amines) is 1. The van der Waals surface area contributed by atoms with E-state index >= 15 is 4.39 Å². The van der Waals surface area contributed by atoms with Gasteiger partial charge in [0, 0.05) is 48.0 Å². The van der Waals surface area contributed by atoms with Gasteiger partial charge in [0.15, 0.2) is 17.4 Å². The molecule has 1 fully saturated rings. The molecule has 0 unspecified atom stereocenters. The predicted molar refractivity (Wildman–Crippen MR) is 133 cm³/mol. The molecule has 10 heteroatoms. The summed E-state index contributed by atoms with van der Waals surface area (Å²) in [6.45, 7) is 0.596. The summed E-state index contributed by atoms with van der Waals surface area (Å²) in [6, 6.07) is 6.22. The van der Waals surface area contributed by atoms with Crippen LogP contribution in [0.3, 0.4) is 0 Å². The molecule has 0 bridgehead atoms. The van der Waals surface area contributed by atoms with E-state index in [1.54, 1.807) is 18.2 Å². The van der Waals surface area contributed by atoms with Crippen molar-refractivity contribution in [3.8, 4) is 11.5 Å². The van der Waals surface area contributed by atoms with Crippen LogP contribution in [0.25, 0.3) is 10.9 Å². The lowest BCUT2D eigenvalue weighted by Gasteiger charge is -2.41. The van der Waals surface area contributed by atoms with Crippen molar-refractivity contribution < 1.29 is 36.5 Å². The number of hydrogen-bond acceptors (Lipinski definition) is 5. The molecule has 1 saturated heterocycles. The average molecular weight is 539 g/mol. The zero-order chi connectivity index (χ0) is 27.3. The van der Waals surface area contributed by atoms with E-state index < -0.39 is 41.5 Å². The molecule has 2 heterocycles. The molecule has 206 valence electrons. The normalized spacial score (nSPS) is 16.5. The van der Waals surface area contributed by atoms with Gasteiger partial charge in [-0.25, -0.2) is 22.0 Å². The molecule has 38 heavy (non-hydrogen) atoms. The number of aliphatic hydroxyl groups excluding tert-OH is 1. The van der Waals surface area contributed by atoms with Crippen molar-refractivity contribution in [2.45, 2.75) is 38.5 Å². The van der Waals surface area contributed by atoms with Crippen LogP contribution in [0.15, 0.2) is 36.5 Å². The molecule has 0 amide bonds. The van der Waals surface area contributed by atoms with Crippen molar-refractivity contribution in [1.29, 1.82) is 0 Å². The summed E-state index contributed by atoms with van der Waals surface area (Å²) in [4.78, 5) is 6.27. The van der Waals surface area contributed by atoms with E-state index in [-0.39, 0.29) is 30.8 Å². The largest absolute Gasteiger partial charge is 0.497 e. The zero-order valence-electron chi connectivity index (χ0n) is 21.2. The monoisotopic (exact) mass is 538 g/mol. The van der Waals surface area contributed by atoms with Crippen LogP contribution in [0, 0.1) is 22.9 Å². The molecule has 4 rings (SSSR count). The topological polar surface area (TPSA) is 54.8 Å². The number of halogens is 5. The Kier molecular flexibility index (Phi) is 9.04. The Balaban J connectivity index is 1.35. The lowest BCUT2D eigenvalue weighted by molar-refractivity contribution is 0.0262. The number of hydrogen-bond donors (Lipinski definition) is 1. The second kappa shape index (κ2) is 12.3. The van der Waals surface area contributed by atoms with Crippen LogP contribution in [0.4, 0.5) is 22.0 Å². The summed E-state index contributed by atoms with van der Waals surface area (Å²) in [5.41, 5.74) is 0.515. The SMILES string of the molecule is COc1ccc2ncc(CF)c([C@H](F)CCC3(CO)CCN(CCOc4c(F)cc(F)cc4F)CC3)c2c1. The highest BCUT2D eigenvalue weighted by atomic mass is 19.2. The number of ether oxygens (including phenoxy) is 2. The fourth-order valence-electron chi connectivity index (χ4n) is 5.10. The Morgan fingerprint density at radius 2 is 1.82 bits per heavy atom. The van der Waals surface area contributed by atoms with Gasteiger partial charge in [0.25, 0.3) is 0 Å². The summed E-state index contributed by atoms with van der Waals surface area (Å²) in [6.07, 6.45) is 1.61. The third-order valence-electron chi connectivity index (χ3n) is 7.45. The van der Waals surface area contributed by atoms with E-state index in [0.29, 0.717) is 67.7 Å². The molecule has 2 aromatic carbocycles. The van der Waals surface area contributed by atoms with Gasteiger partial charge in [-0.15, -0.1) is 0 Å². The van der Waals surface area contributed by atoms with E-state index in [0.717, 1.165) is 0 Å². The minimum atomic E-state index is -1.45. The highest BCUT2D eigenvalue weighted by molar-refractivity contribution is 5.85. The van der Waals surface area contributed by atoms with Crippen molar-refractivity contribution in [3.63, 3.8) is 0 Å². The Morgan fingerprint density at radius 3 is 2.45 bits per heavy atom. The van der Waals surface area contributed by atoms with Crippen LogP contribution >= 0.6 is 0 Å². The highest BCUT2D eigenvalue weighted by Gasteiger charge is 2.35. The first-order valence-corrected chi connectivity index (χ1v) is 12.6. The van der Waals surface area contributed by atoms with Gasteiger partial charge in [0.1, 0.15) is 31.0 Å². The molecular weight excluding hydrogens is 507 g/mol. The fraction of sp³-hybridized carbons (Fsp3) is 0.464. The molecule has 1 aliphatic heterocycles. The summed E-state index contributed by atoms with van der Waals surface area (Å²) in [5, 5.41) is 10.7. The number of nitrogens with zero attached hydrogens (tertiary/aromatic N) is 2. The predicted octanol–water partition coefficient (Wildman–Crippen LogP) is 6.07. The number of aromatic nitrogens is 1. The second-order valence-corrected chi connectivity index (χ2v) is 9.77. The molecule has 1 atom stereocenters. The minimum absolute atomic E-state index is 0.00272. The summed E-state index contributed by atoms with van der Waals surface area (Å²) < 4.78 is 80.5. The average Bonchev–Trinajstić information content (AvgIpc) is 2.92. The number of methoxy groups -OCH3 is 1. The maximum Gasteiger partial charge on any atom is 0.190 e. The first-order valence-electron chi connectivity index (χ1n) is 12.6. The smallest absolute Gasteiger partial charge is 0.190 e. The number of alkyl halides is 2. The van der Waals surface area contributed by atoms with Crippen LogP contribution in [-0.2, 0) is 6.67 Å². The van der Waals surface area contributed by atoms with Crippen LogP contribution < -0.4 is 9.47 Å². The van der Waals surface area contributed by atoms with Gasteiger partial charge in [-0.1, -0.05) is 0 Å². The van der Waals surface area contributed by atoms with E-state index in [4.69, 9.17) is 9.47 Å². The van der Waals surface area contributed by atoms with Crippen molar-refractivity contribution in [1.82, 2.24) is 9.88 Å². The van der Waals surface area contributed by atoms with E-state index in [9.17, 15) is 22.7 Å². The minimum Gasteiger partial charge on any atom is -0.497 e. The third-order valence-corrected chi connectivity index (χ3v) is 7.45. The number of aliphatic hydroxyl groups is 1. The number of fused-ring (bicyclic) bond motifs is 1. The molecule has 0 spiro atoms. The number of piperidine rings is 1. The fourth-order valence-corrected chi connectivity index (χ4v) is 5.10. The molecule has 1 aliphatic rings. The second-order valence-electron chi connectivity index (χ2n) is 9.77. The summed E-state index contributed by atoms with van der Waals surface area (Å²) in [7, 11) is 1.50. The van der Waals surface area contributed by atoms with Crippen molar-refractivity contribution in [2.75, 3.05) is 40.0 Å². The van der Waals surface area contributed by atoms with Gasteiger partial charge in [-0.2, -0.15) is 0 Å². The van der Waals surface area contributed by atoms with Crippen LogP contribution in [0.1, 0.15) is 43.0 Å². The Bertz CT molecular complexity index is 1220. The first kappa shape index (κ1) is 28.0. The number of pyridine rings is 1. The van der Waals surface area contributed by atoms with E-state index in [1.165, 1.54) is 13.3 Å². The summed E-state index contributed by atoms with van der Waals surface area (Å²) >= 11 is 0. The van der Waals surface area contributed by atoms with Gasteiger partial charge in [0.05, 0.1) is 12.6 Å². The number of benzene rings is 2. The highest BCUT2D eigenvalue weighted by Crippen LogP contribution is 2.41. The Labute approximate surface area is 218 Å². The molecule has 3 aromatic rings. The van der Waals surface area contributed by atoms with Crippen molar-refractivity contribution in [2.24, 2.45) is 5.41 Å².